The molecule has 0 radical (unpaired) electrons. The number of anilines is 1. The van der Waals surface area contributed by atoms with Gasteiger partial charge in [-0.1, -0.05) is 6.92 Å². The third-order valence-electron chi connectivity index (χ3n) is 4.10. The van der Waals surface area contributed by atoms with Crippen LogP contribution in [0.25, 0.3) is 0 Å². The molecule has 0 aliphatic heterocycles. The summed E-state index contributed by atoms with van der Waals surface area (Å²) in [6, 6.07) is 1.84. The van der Waals surface area contributed by atoms with Crippen LogP contribution in [0.15, 0.2) is 24.7 Å². The highest BCUT2D eigenvalue weighted by molar-refractivity contribution is 6.05. The van der Waals surface area contributed by atoms with Crippen molar-refractivity contribution < 1.29 is 9.90 Å². The van der Waals surface area contributed by atoms with Crippen LogP contribution in [0.5, 0.6) is 5.75 Å². The lowest BCUT2D eigenvalue weighted by Crippen LogP contribution is -2.16. The van der Waals surface area contributed by atoms with Crippen LogP contribution in [0.4, 0.5) is 5.69 Å². The maximum absolute atomic E-state index is 12.5. The van der Waals surface area contributed by atoms with Gasteiger partial charge in [0.05, 0.1) is 29.3 Å². The lowest BCUT2D eigenvalue weighted by molar-refractivity contribution is 0.102. The van der Waals surface area contributed by atoms with E-state index in [0.29, 0.717) is 17.2 Å². The second-order valence-corrected chi connectivity index (χ2v) is 5.77. The summed E-state index contributed by atoms with van der Waals surface area (Å²) in [5.74, 6) is 0.138. The van der Waals surface area contributed by atoms with Crippen molar-refractivity contribution in [1.82, 2.24) is 14.8 Å². The summed E-state index contributed by atoms with van der Waals surface area (Å²) < 4.78 is 1.97. The Morgan fingerprint density at radius 2 is 2.27 bits per heavy atom. The number of pyridine rings is 1. The molecular formula is C16H20N4O2. The van der Waals surface area contributed by atoms with Crippen molar-refractivity contribution in [1.29, 1.82) is 0 Å². The molecule has 1 aliphatic carbocycles. The molecule has 2 aromatic rings. The Bertz CT molecular complexity index is 691. The van der Waals surface area contributed by atoms with E-state index in [-0.39, 0.29) is 17.7 Å². The van der Waals surface area contributed by atoms with Gasteiger partial charge in [-0.25, -0.2) is 0 Å². The molecule has 2 heterocycles. The number of hydrogen-bond acceptors (Lipinski definition) is 4. The highest BCUT2D eigenvalue weighted by Gasteiger charge is 2.33. The quantitative estimate of drug-likeness (QED) is 0.889. The van der Waals surface area contributed by atoms with E-state index in [4.69, 9.17) is 0 Å². The Labute approximate surface area is 129 Å². The predicted molar refractivity (Wildman–Crippen MR) is 83.1 cm³/mol. The summed E-state index contributed by atoms with van der Waals surface area (Å²) in [5, 5.41) is 16.9. The Morgan fingerprint density at radius 1 is 1.50 bits per heavy atom. The highest BCUT2D eigenvalue weighted by Crippen LogP contribution is 2.43. The average Bonchev–Trinajstić information content (AvgIpc) is 3.26. The number of aromatic hydroxyl groups is 1. The molecule has 6 nitrogen and oxygen atoms in total. The predicted octanol–water partition coefficient (Wildman–Crippen LogP) is 3.08. The molecule has 1 amide bonds. The number of nitrogens with zero attached hydrogens (tertiary/aromatic N) is 3. The lowest BCUT2D eigenvalue weighted by Gasteiger charge is -2.14. The van der Waals surface area contributed by atoms with Gasteiger partial charge in [0, 0.05) is 18.2 Å². The number of hydrogen-bond donors (Lipinski definition) is 2. The van der Waals surface area contributed by atoms with Gasteiger partial charge in [0.1, 0.15) is 0 Å². The molecule has 0 aromatic carbocycles. The van der Waals surface area contributed by atoms with E-state index in [1.807, 2.05) is 4.68 Å². The Morgan fingerprint density at radius 3 is 2.91 bits per heavy atom. The van der Waals surface area contributed by atoms with Gasteiger partial charge in [-0.05, 0) is 32.3 Å². The van der Waals surface area contributed by atoms with E-state index in [0.717, 1.165) is 25.0 Å². The summed E-state index contributed by atoms with van der Waals surface area (Å²) in [6.45, 7) is 4.22. The molecule has 0 bridgehead atoms. The van der Waals surface area contributed by atoms with Crippen molar-refractivity contribution >= 4 is 11.6 Å². The molecule has 6 heteroatoms. The van der Waals surface area contributed by atoms with Gasteiger partial charge in [-0.3, -0.25) is 14.5 Å². The molecule has 3 rings (SSSR count). The molecule has 0 spiro atoms. The second-order valence-electron chi connectivity index (χ2n) is 5.77. The number of amides is 1. The van der Waals surface area contributed by atoms with Crippen LogP contribution in [-0.2, 0) is 0 Å². The third-order valence-corrected chi connectivity index (χ3v) is 4.10. The van der Waals surface area contributed by atoms with Gasteiger partial charge >= 0.3 is 0 Å². The fourth-order valence-corrected chi connectivity index (χ4v) is 2.52. The zero-order valence-corrected chi connectivity index (χ0v) is 12.8. The molecule has 2 N–H and O–H groups in total. The summed E-state index contributed by atoms with van der Waals surface area (Å²) >= 11 is 0. The van der Waals surface area contributed by atoms with Crippen molar-refractivity contribution in [2.45, 2.75) is 45.1 Å². The van der Waals surface area contributed by atoms with Gasteiger partial charge in [-0.15, -0.1) is 0 Å². The maximum atomic E-state index is 12.5. The van der Waals surface area contributed by atoms with Crippen molar-refractivity contribution in [3.05, 3.63) is 35.9 Å². The molecule has 22 heavy (non-hydrogen) atoms. The molecule has 0 saturated heterocycles. The number of carbonyl (C=O) groups excluding carboxylic acids is 1. The van der Waals surface area contributed by atoms with Crippen molar-refractivity contribution in [2.24, 2.45) is 0 Å². The normalized spacial score (nSPS) is 15.5. The number of aromatic nitrogens is 3. The van der Waals surface area contributed by atoms with Crippen LogP contribution in [-0.4, -0.2) is 25.8 Å². The van der Waals surface area contributed by atoms with Gasteiger partial charge in [0.15, 0.2) is 5.75 Å². The number of rotatable bonds is 5. The van der Waals surface area contributed by atoms with Crippen LogP contribution in [0.3, 0.4) is 0 Å². The van der Waals surface area contributed by atoms with Gasteiger partial charge in [0.25, 0.3) is 5.91 Å². The van der Waals surface area contributed by atoms with Crippen LogP contribution in [0.1, 0.15) is 61.1 Å². The van der Waals surface area contributed by atoms with E-state index in [1.54, 1.807) is 12.3 Å². The highest BCUT2D eigenvalue weighted by atomic mass is 16.3. The minimum Gasteiger partial charge on any atom is -0.504 e. The fourth-order valence-electron chi connectivity index (χ4n) is 2.52. The minimum absolute atomic E-state index is 0.0434. The summed E-state index contributed by atoms with van der Waals surface area (Å²) in [5.41, 5.74) is 1.97. The van der Waals surface area contributed by atoms with E-state index in [1.165, 1.54) is 12.4 Å². The molecule has 1 aliphatic rings. The van der Waals surface area contributed by atoms with Gasteiger partial charge in [0.2, 0.25) is 0 Å². The smallest absolute Gasteiger partial charge is 0.259 e. The molecular weight excluding hydrogens is 280 g/mol. The molecule has 1 saturated carbocycles. The molecule has 2 aromatic heterocycles. The Balaban J connectivity index is 1.90. The molecule has 1 atom stereocenters. The van der Waals surface area contributed by atoms with Crippen molar-refractivity contribution in [3.63, 3.8) is 0 Å². The first-order valence-corrected chi connectivity index (χ1v) is 7.63. The fraction of sp³-hybridized carbons (Fsp3) is 0.438. The van der Waals surface area contributed by atoms with E-state index in [9.17, 15) is 9.90 Å². The van der Waals surface area contributed by atoms with E-state index < -0.39 is 0 Å². The second kappa shape index (κ2) is 5.79. The van der Waals surface area contributed by atoms with Crippen molar-refractivity contribution in [3.8, 4) is 5.75 Å². The zero-order chi connectivity index (χ0) is 15.7. The van der Waals surface area contributed by atoms with Crippen LogP contribution < -0.4 is 5.32 Å². The van der Waals surface area contributed by atoms with E-state index >= 15 is 0 Å². The minimum atomic E-state index is -0.238. The first-order chi connectivity index (χ1) is 10.6. The standard InChI is InChI=1S/C16H20N4O2/c1-3-10(2)20-15(11-4-5-11)12(8-18-20)16(22)19-13-6-7-17-9-14(13)21/h6-11,21H,3-5H2,1-2H3,(H,17,19,22)/t10-/m1/s1. The monoisotopic (exact) mass is 300 g/mol. The zero-order valence-electron chi connectivity index (χ0n) is 12.8. The maximum Gasteiger partial charge on any atom is 0.259 e. The molecule has 116 valence electrons. The first-order valence-electron chi connectivity index (χ1n) is 7.63. The third kappa shape index (κ3) is 2.68. The lowest BCUT2D eigenvalue weighted by atomic mass is 10.1. The Hall–Kier alpha value is -2.37. The van der Waals surface area contributed by atoms with Crippen LogP contribution >= 0.6 is 0 Å². The molecule has 1 fully saturated rings. The summed E-state index contributed by atoms with van der Waals surface area (Å²) in [4.78, 5) is 16.3. The van der Waals surface area contributed by atoms with Crippen LogP contribution in [0, 0.1) is 0 Å². The number of nitrogens with one attached hydrogen (secondary N) is 1. The van der Waals surface area contributed by atoms with Gasteiger partial charge in [-0.2, -0.15) is 5.10 Å². The summed E-state index contributed by atoms with van der Waals surface area (Å²) in [7, 11) is 0. The average molecular weight is 300 g/mol. The van der Waals surface area contributed by atoms with Crippen molar-refractivity contribution in [2.75, 3.05) is 5.32 Å². The number of carbonyl (C=O) groups is 1. The molecule has 0 unspecified atom stereocenters. The van der Waals surface area contributed by atoms with E-state index in [2.05, 4.69) is 29.2 Å². The Kier molecular flexibility index (Phi) is 3.83. The largest absolute Gasteiger partial charge is 0.504 e. The topological polar surface area (TPSA) is 80.0 Å². The summed E-state index contributed by atoms with van der Waals surface area (Å²) in [6.07, 6.45) is 7.63. The van der Waals surface area contributed by atoms with Crippen LogP contribution in [0.2, 0.25) is 0 Å². The van der Waals surface area contributed by atoms with Gasteiger partial charge < -0.3 is 10.4 Å². The first kappa shape index (κ1) is 14.6. The SMILES string of the molecule is CC[C@@H](C)n1ncc(C(=O)Nc2ccncc2O)c1C1CC1.